The molecule has 2 aromatic rings. The molecule has 2 saturated carbocycles. The van der Waals surface area contributed by atoms with E-state index >= 15 is 0 Å². The van der Waals surface area contributed by atoms with Crippen LogP contribution in [-0.4, -0.2) is 78.2 Å². The number of benzene rings is 1. The first kappa shape index (κ1) is 29.6. The quantitative estimate of drug-likeness (QED) is 0.446. The molecule has 3 aliphatic rings. The number of piperidine rings is 1. The monoisotopic (exact) mass is 592 g/mol. The molecule has 1 saturated heterocycles. The number of likely N-dealkylation sites (N-methyl/N-ethyl adjacent to an activating group) is 1. The summed E-state index contributed by atoms with van der Waals surface area (Å²) in [4.78, 5) is 34.6. The molecule has 7 nitrogen and oxygen atoms in total. The van der Waals surface area contributed by atoms with Crippen molar-refractivity contribution in [3.63, 3.8) is 0 Å². The first-order valence-corrected chi connectivity index (χ1v) is 14.5. The van der Waals surface area contributed by atoms with Crippen LogP contribution in [0.15, 0.2) is 36.4 Å². The smallest absolute Gasteiger partial charge is 0.369 e. The van der Waals surface area contributed by atoms with Crippen LogP contribution in [0.2, 0.25) is 5.15 Å². The Morgan fingerprint density at radius 3 is 2.22 bits per heavy atom. The van der Waals surface area contributed by atoms with E-state index in [-0.39, 0.29) is 23.0 Å². The summed E-state index contributed by atoms with van der Waals surface area (Å²) >= 11 is 6.29. The van der Waals surface area contributed by atoms with Crippen LogP contribution in [0.3, 0.4) is 0 Å². The van der Waals surface area contributed by atoms with E-state index in [1.807, 2.05) is 0 Å². The van der Waals surface area contributed by atoms with Gasteiger partial charge >= 0.3 is 6.18 Å². The minimum absolute atomic E-state index is 0.163. The van der Waals surface area contributed by atoms with Gasteiger partial charge in [-0.1, -0.05) is 35.9 Å². The average Bonchev–Trinajstić information content (AvgIpc) is 3.76. The third kappa shape index (κ3) is 5.65. The molecule has 0 spiro atoms. The number of rotatable bonds is 7. The maximum Gasteiger partial charge on any atom is 0.430 e. The van der Waals surface area contributed by atoms with Gasteiger partial charge in [-0.2, -0.15) is 13.2 Å². The number of pyridine rings is 1. The van der Waals surface area contributed by atoms with Crippen LogP contribution >= 0.6 is 11.6 Å². The lowest BCUT2D eigenvalue weighted by Gasteiger charge is -2.48. The van der Waals surface area contributed by atoms with Crippen molar-refractivity contribution >= 4 is 29.2 Å². The van der Waals surface area contributed by atoms with E-state index in [2.05, 4.69) is 9.88 Å². The molecular weight excluding hydrogens is 557 g/mol. The Morgan fingerprint density at radius 1 is 1.00 bits per heavy atom. The van der Waals surface area contributed by atoms with E-state index in [0.29, 0.717) is 36.1 Å². The summed E-state index contributed by atoms with van der Waals surface area (Å²) in [6, 6.07) is 8.90. The summed E-state index contributed by atoms with van der Waals surface area (Å²) in [5.41, 5.74) is -2.92. The van der Waals surface area contributed by atoms with Gasteiger partial charge in [0, 0.05) is 45.8 Å². The van der Waals surface area contributed by atoms with E-state index in [0.717, 1.165) is 49.2 Å². The second kappa shape index (κ2) is 11.1. The number of aromatic nitrogens is 1. The Kier molecular flexibility index (Phi) is 8.02. The molecule has 2 aliphatic carbocycles. The van der Waals surface area contributed by atoms with Crippen molar-refractivity contribution in [3.8, 4) is 0 Å². The molecule has 0 radical (unpaired) electrons. The number of carbonyl (C=O) groups is 2. The van der Waals surface area contributed by atoms with Gasteiger partial charge in [0.05, 0.1) is 5.56 Å². The topological polar surface area (TPSA) is 77.0 Å². The molecule has 0 bridgehead atoms. The zero-order valence-electron chi connectivity index (χ0n) is 23.5. The van der Waals surface area contributed by atoms with Crippen LogP contribution in [-0.2, 0) is 10.4 Å². The lowest BCUT2D eigenvalue weighted by Crippen LogP contribution is -2.59. The molecule has 3 fully saturated rings. The zero-order valence-corrected chi connectivity index (χ0v) is 24.3. The van der Waals surface area contributed by atoms with Crippen molar-refractivity contribution < 1.29 is 27.9 Å². The summed E-state index contributed by atoms with van der Waals surface area (Å²) in [7, 11) is 4.67. The van der Waals surface area contributed by atoms with Crippen molar-refractivity contribution in [3.05, 3.63) is 58.2 Å². The molecule has 2 heterocycles. The Balaban J connectivity index is 1.18. The molecule has 1 aromatic heterocycles. The Hall–Kier alpha value is -2.85. The molecule has 1 atom stereocenters. The van der Waals surface area contributed by atoms with Crippen LogP contribution in [0.25, 0.3) is 0 Å². The molecule has 1 aromatic carbocycles. The number of hydrogen-bond acceptors (Lipinski definition) is 5. The van der Waals surface area contributed by atoms with Gasteiger partial charge in [0.25, 0.3) is 17.4 Å². The molecule has 222 valence electrons. The van der Waals surface area contributed by atoms with Gasteiger partial charge in [-0.25, -0.2) is 4.98 Å². The molecule has 1 N–H and O–H groups in total. The fourth-order valence-corrected chi connectivity index (χ4v) is 6.43. The zero-order chi connectivity index (χ0) is 29.7. The van der Waals surface area contributed by atoms with E-state index < -0.39 is 23.2 Å². The van der Waals surface area contributed by atoms with Gasteiger partial charge in [-0.3, -0.25) is 9.59 Å². The minimum Gasteiger partial charge on any atom is -0.369 e. The Labute approximate surface area is 243 Å². The van der Waals surface area contributed by atoms with Crippen LogP contribution in [0, 0.1) is 11.8 Å². The van der Waals surface area contributed by atoms with Gasteiger partial charge in [0.15, 0.2) is 0 Å². The van der Waals surface area contributed by atoms with E-state index in [9.17, 15) is 27.9 Å². The number of alkyl halides is 3. The second-order valence-electron chi connectivity index (χ2n) is 11.9. The van der Waals surface area contributed by atoms with Gasteiger partial charge in [0.2, 0.25) is 0 Å². The summed E-state index contributed by atoms with van der Waals surface area (Å²) in [5.74, 6) is 0.0433. The maximum atomic E-state index is 14.3. The molecule has 1 unspecified atom stereocenters. The largest absolute Gasteiger partial charge is 0.430 e. The van der Waals surface area contributed by atoms with Gasteiger partial charge in [0.1, 0.15) is 11.0 Å². The third-order valence-corrected chi connectivity index (χ3v) is 9.38. The van der Waals surface area contributed by atoms with Crippen molar-refractivity contribution in [1.82, 2.24) is 14.8 Å². The SMILES string of the molecule is CN(C)C(=O)c1ccc(N2CCC(C3CC(N(C)C(=O)C(O)(c4cccc(C5CC5)c4)C(F)(F)F)C3)CC2)nc1Cl. The van der Waals surface area contributed by atoms with Crippen LogP contribution in [0.1, 0.15) is 65.9 Å². The first-order valence-electron chi connectivity index (χ1n) is 14.1. The highest BCUT2D eigenvalue weighted by molar-refractivity contribution is 6.32. The highest BCUT2D eigenvalue weighted by atomic mass is 35.5. The molecule has 2 amide bonds. The fraction of sp³-hybridized carbons (Fsp3) is 0.567. The molecule has 41 heavy (non-hydrogen) atoms. The summed E-state index contributed by atoms with van der Waals surface area (Å²) in [6.45, 7) is 1.49. The predicted octanol–water partition coefficient (Wildman–Crippen LogP) is 5.22. The predicted molar refractivity (Wildman–Crippen MR) is 150 cm³/mol. The normalized spacial score (nSPS) is 23.0. The van der Waals surface area contributed by atoms with Gasteiger partial charge in [-0.05, 0) is 74.0 Å². The lowest BCUT2D eigenvalue weighted by atomic mass is 9.68. The van der Waals surface area contributed by atoms with Gasteiger partial charge in [-0.15, -0.1) is 0 Å². The number of aliphatic hydroxyl groups is 1. The second-order valence-corrected chi connectivity index (χ2v) is 12.3. The van der Waals surface area contributed by atoms with Crippen LogP contribution in [0.4, 0.5) is 19.0 Å². The highest BCUT2D eigenvalue weighted by Gasteiger charge is 2.62. The van der Waals surface area contributed by atoms with Crippen molar-refractivity contribution in [2.24, 2.45) is 11.8 Å². The number of carbonyl (C=O) groups excluding carboxylic acids is 2. The molecule has 5 rings (SSSR count). The fourth-order valence-electron chi connectivity index (χ4n) is 6.20. The van der Waals surface area contributed by atoms with Crippen molar-refractivity contribution in [2.45, 2.75) is 62.3 Å². The van der Waals surface area contributed by atoms with Crippen LogP contribution in [0.5, 0.6) is 0 Å². The van der Waals surface area contributed by atoms with E-state index in [1.54, 1.807) is 32.3 Å². The minimum atomic E-state index is -5.15. The molecular formula is C30H36ClF3N4O3. The Bertz CT molecular complexity index is 1300. The molecule has 1 aliphatic heterocycles. The first-order chi connectivity index (χ1) is 19.3. The number of halogens is 4. The average molecular weight is 593 g/mol. The molecule has 11 heteroatoms. The number of nitrogens with zero attached hydrogens (tertiary/aromatic N) is 4. The number of amides is 2. The number of anilines is 1. The standard InChI is InChI=1S/C30H36ClF3N4O3/c1-36(2)27(39)24-9-10-25(35-26(24)31)38-13-11-19(12-14-38)21-16-23(17-21)37(3)28(40)29(41,30(32,33)34)22-6-4-5-20(15-22)18-7-8-18/h4-6,9-10,15,18-19,21,23,41H,7-8,11-14,16-17H2,1-3H3. The number of hydrogen-bond donors (Lipinski definition) is 1. The van der Waals surface area contributed by atoms with Crippen molar-refractivity contribution in [1.29, 1.82) is 0 Å². The summed E-state index contributed by atoms with van der Waals surface area (Å²) in [5, 5.41) is 11.1. The lowest BCUT2D eigenvalue weighted by molar-refractivity contribution is -0.263. The highest BCUT2D eigenvalue weighted by Crippen LogP contribution is 2.47. The summed E-state index contributed by atoms with van der Waals surface area (Å²) < 4.78 is 42.8. The Morgan fingerprint density at radius 2 is 1.66 bits per heavy atom. The van der Waals surface area contributed by atoms with Crippen LogP contribution < -0.4 is 4.90 Å². The van der Waals surface area contributed by atoms with Gasteiger partial charge < -0.3 is 19.8 Å². The van der Waals surface area contributed by atoms with Crippen molar-refractivity contribution in [2.75, 3.05) is 39.1 Å². The summed E-state index contributed by atoms with van der Waals surface area (Å²) in [6.07, 6.45) is -0.370. The van der Waals surface area contributed by atoms with E-state index in [4.69, 9.17) is 11.6 Å². The van der Waals surface area contributed by atoms with E-state index in [1.165, 1.54) is 30.1 Å². The maximum absolute atomic E-state index is 14.3. The third-order valence-electron chi connectivity index (χ3n) is 9.09.